The molecule has 1 N–H and O–H groups in total. The molecule has 0 bridgehead atoms. The van der Waals surface area contributed by atoms with Crippen LogP contribution in [0.15, 0.2) is 60.7 Å². The largest absolute Gasteiger partial charge is 0.490 e. The Bertz CT molecular complexity index is 1110. The number of nitrogens with one attached hydrogen (secondary N) is 1. The molecule has 3 rings (SSSR count). The predicted molar refractivity (Wildman–Crippen MR) is 111 cm³/mol. The van der Waals surface area contributed by atoms with Gasteiger partial charge in [-0.3, -0.25) is 14.9 Å². The number of hydrogen-bond acceptors (Lipinski definition) is 6. The second kappa shape index (κ2) is 9.04. The minimum absolute atomic E-state index is 0.0218. The average molecular weight is 408 g/mol. The molecule has 0 fully saturated rings. The highest BCUT2D eigenvalue weighted by molar-refractivity contribution is 6.08. The van der Waals surface area contributed by atoms with Gasteiger partial charge in [-0.2, -0.15) is 0 Å². The SMILES string of the molecule is COC(=O)[C@@H](Cc1ccc(OC)c([N+](=O)[O-])c1)NC(=O)c1cccc2ccccc12. The minimum Gasteiger partial charge on any atom is -0.490 e. The number of amides is 1. The van der Waals surface area contributed by atoms with E-state index in [1.165, 1.54) is 26.4 Å². The molecule has 0 saturated heterocycles. The van der Waals surface area contributed by atoms with E-state index in [9.17, 15) is 19.7 Å². The molecule has 0 aliphatic heterocycles. The monoisotopic (exact) mass is 408 g/mol. The van der Waals surface area contributed by atoms with Gasteiger partial charge in [-0.05, 0) is 28.5 Å². The third-order valence-electron chi connectivity index (χ3n) is 4.71. The van der Waals surface area contributed by atoms with Gasteiger partial charge in [0.2, 0.25) is 0 Å². The number of esters is 1. The zero-order valence-electron chi connectivity index (χ0n) is 16.5. The Morgan fingerprint density at radius 2 is 1.80 bits per heavy atom. The highest BCUT2D eigenvalue weighted by Crippen LogP contribution is 2.28. The van der Waals surface area contributed by atoms with Gasteiger partial charge in [-0.25, -0.2) is 4.79 Å². The standard InChI is InChI=1S/C22H20N2O6/c1-29-20-11-10-14(13-19(20)24(27)28)12-18(22(26)30-2)23-21(25)17-9-5-7-15-6-3-4-8-16(15)17/h3-11,13,18H,12H2,1-2H3,(H,23,25)/t18-/m1/s1. The van der Waals surface area contributed by atoms with E-state index in [0.29, 0.717) is 11.1 Å². The number of fused-ring (bicyclic) bond motifs is 1. The maximum absolute atomic E-state index is 12.9. The Kier molecular flexibility index (Phi) is 6.26. The summed E-state index contributed by atoms with van der Waals surface area (Å²) >= 11 is 0. The number of nitro benzene ring substituents is 1. The topological polar surface area (TPSA) is 108 Å². The molecule has 0 aliphatic carbocycles. The van der Waals surface area contributed by atoms with Crippen LogP contribution in [0.3, 0.4) is 0 Å². The van der Waals surface area contributed by atoms with Crippen LogP contribution in [0.2, 0.25) is 0 Å². The van der Waals surface area contributed by atoms with Crippen LogP contribution >= 0.6 is 0 Å². The van der Waals surface area contributed by atoms with Crippen molar-refractivity contribution in [3.8, 4) is 5.75 Å². The Hall–Kier alpha value is -3.94. The first kappa shape index (κ1) is 20.8. The fourth-order valence-electron chi connectivity index (χ4n) is 3.24. The summed E-state index contributed by atoms with van der Waals surface area (Å²) in [5.41, 5.74) is 0.679. The number of carbonyl (C=O) groups is 2. The number of rotatable bonds is 7. The summed E-state index contributed by atoms with van der Waals surface area (Å²) in [5, 5.41) is 15.6. The molecule has 0 spiro atoms. The first-order valence-electron chi connectivity index (χ1n) is 9.12. The lowest BCUT2D eigenvalue weighted by Gasteiger charge is -2.17. The second-order valence-corrected chi connectivity index (χ2v) is 6.54. The van der Waals surface area contributed by atoms with Gasteiger partial charge < -0.3 is 14.8 Å². The third-order valence-corrected chi connectivity index (χ3v) is 4.71. The van der Waals surface area contributed by atoms with Crippen molar-refractivity contribution >= 4 is 28.3 Å². The van der Waals surface area contributed by atoms with Crippen LogP contribution in [0.1, 0.15) is 15.9 Å². The molecular weight excluding hydrogens is 388 g/mol. The molecule has 3 aromatic carbocycles. The fourth-order valence-corrected chi connectivity index (χ4v) is 3.24. The van der Waals surface area contributed by atoms with Gasteiger partial charge in [0.15, 0.2) is 5.75 Å². The van der Waals surface area contributed by atoms with Crippen LogP contribution in [0, 0.1) is 10.1 Å². The Balaban J connectivity index is 1.88. The predicted octanol–water partition coefficient (Wildman–Crippen LogP) is 3.27. The van der Waals surface area contributed by atoms with Crippen LogP contribution in [0.4, 0.5) is 5.69 Å². The normalized spacial score (nSPS) is 11.5. The first-order chi connectivity index (χ1) is 14.4. The maximum Gasteiger partial charge on any atom is 0.328 e. The highest BCUT2D eigenvalue weighted by Gasteiger charge is 2.25. The molecule has 8 nitrogen and oxygen atoms in total. The molecule has 0 radical (unpaired) electrons. The zero-order chi connectivity index (χ0) is 21.7. The van der Waals surface area contributed by atoms with Crippen LogP contribution in [-0.4, -0.2) is 37.1 Å². The van der Waals surface area contributed by atoms with Crippen molar-refractivity contribution in [3.05, 3.63) is 81.9 Å². The molecule has 0 aromatic heterocycles. The minimum atomic E-state index is -1.02. The van der Waals surface area contributed by atoms with Crippen molar-refractivity contribution in [1.29, 1.82) is 0 Å². The van der Waals surface area contributed by atoms with E-state index in [1.807, 2.05) is 30.3 Å². The lowest BCUT2D eigenvalue weighted by molar-refractivity contribution is -0.385. The summed E-state index contributed by atoms with van der Waals surface area (Å²) in [6, 6.07) is 16.1. The van der Waals surface area contributed by atoms with Gasteiger partial charge in [0, 0.05) is 18.1 Å². The van der Waals surface area contributed by atoms with E-state index < -0.39 is 22.8 Å². The molecule has 0 heterocycles. The fraction of sp³-hybridized carbons (Fsp3) is 0.182. The Morgan fingerprint density at radius 3 is 2.50 bits per heavy atom. The summed E-state index contributed by atoms with van der Waals surface area (Å²) in [4.78, 5) is 35.9. The molecule has 0 aliphatic rings. The third kappa shape index (κ3) is 4.38. The van der Waals surface area contributed by atoms with Crippen molar-refractivity contribution in [3.63, 3.8) is 0 Å². The smallest absolute Gasteiger partial charge is 0.328 e. The molecule has 154 valence electrons. The lowest BCUT2D eigenvalue weighted by atomic mass is 10.0. The first-order valence-corrected chi connectivity index (χ1v) is 9.12. The van der Waals surface area contributed by atoms with Gasteiger partial charge in [-0.1, -0.05) is 42.5 Å². The maximum atomic E-state index is 12.9. The van der Waals surface area contributed by atoms with Crippen LogP contribution in [0.5, 0.6) is 5.75 Å². The Labute approximate surface area is 172 Å². The molecule has 1 atom stereocenters. The molecule has 30 heavy (non-hydrogen) atoms. The second-order valence-electron chi connectivity index (χ2n) is 6.54. The van der Waals surface area contributed by atoms with Crippen LogP contribution in [-0.2, 0) is 16.0 Å². The van der Waals surface area contributed by atoms with E-state index in [-0.39, 0.29) is 17.9 Å². The number of carbonyl (C=O) groups excluding carboxylic acids is 2. The number of ether oxygens (including phenoxy) is 2. The Morgan fingerprint density at radius 1 is 1.07 bits per heavy atom. The molecule has 0 unspecified atom stereocenters. The van der Waals surface area contributed by atoms with Gasteiger partial charge in [0.05, 0.1) is 19.1 Å². The van der Waals surface area contributed by atoms with Crippen molar-refractivity contribution in [2.24, 2.45) is 0 Å². The molecular formula is C22H20N2O6. The van der Waals surface area contributed by atoms with E-state index in [2.05, 4.69) is 5.32 Å². The molecule has 8 heteroatoms. The average Bonchev–Trinajstić information content (AvgIpc) is 2.77. The van der Waals surface area contributed by atoms with Crippen molar-refractivity contribution < 1.29 is 24.0 Å². The number of hydrogen-bond donors (Lipinski definition) is 1. The van der Waals surface area contributed by atoms with Crippen LogP contribution in [0.25, 0.3) is 10.8 Å². The molecule has 3 aromatic rings. The summed E-state index contributed by atoms with van der Waals surface area (Å²) in [6.45, 7) is 0. The number of methoxy groups -OCH3 is 2. The molecule has 0 saturated carbocycles. The zero-order valence-corrected chi connectivity index (χ0v) is 16.5. The van der Waals surface area contributed by atoms with Gasteiger partial charge >= 0.3 is 11.7 Å². The quantitative estimate of drug-likeness (QED) is 0.365. The molecule has 1 amide bonds. The van der Waals surface area contributed by atoms with E-state index >= 15 is 0 Å². The lowest BCUT2D eigenvalue weighted by Crippen LogP contribution is -2.43. The number of nitro groups is 1. The van der Waals surface area contributed by atoms with Gasteiger partial charge in [0.25, 0.3) is 5.91 Å². The van der Waals surface area contributed by atoms with Crippen molar-refractivity contribution in [2.75, 3.05) is 14.2 Å². The summed E-state index contributed by atoms with van der Waals surface area (Å²) < 4.78 is 9.81. The van der Waals surface area contributed by atoms with Crippen molar-refractivity contribution in [2.45, 2.75) is 12.5 Å². The van der Waals surface area contributed by atoms with E-state index in [4.69, 9.17) is 9.47 Å². The van der Waals surface area contributed by atoms with E-state index in [0.717, 1.165) is 10.8 Å². The van der Waals surface area contributed by atoms with Gasteiger partial charge in [0.1, 0.15) is 6.04 Å². The van der Waals surface area contributed by atoms with Crippen LogP contribution < -0.4 is 10.1 Å². The van der Waals surface area contributed by atoms with Gasteiger partial charge in [-0.15, -0.1) is 0 Å². The highest BCUT2D eigenvalue weighted by atomic mass is 16.6. The summed E-state index contributed by atoms with van der Waals surface area (Å²) in [7, 11) is 2.56. The summed E-state index contributed by atoms with van der Waals surface area (Å²) in [5.74, 6) is -0.981. The summed E-state index contributed by atoms with van der Waals surface area (Å²) in [6.07, 6.45) is 0.0218. The number of benzene rings is 3. The van der Waals surface area contributed by atoms with E-state index in [1.54, 1.807) is 18.2 Å². The van der Waals surface area contributed by atoms with Crippen molar-refractivity contribution in [1.82, 2.24) is 5.32 Å². The number of nitrogens with zero attached hydrogens (tertiary/aromatic N) is 1.